The van der Waals surface area contributed by atoms with Crippen molar-refractivity contribution in [2.45, 2.75) is 0 Å². The summed E-state index contributed by atoms with van der Waals surface area (Å²) < 4.78 is 18.7. The van der Waals surface area contributed by atoms with E-state index in [9.17, 15) is 4.21 Å². The summed E-state index contributed by atoms with van der Waals surface area (Å²) in [5, 5.41) is 0. The number of hydrogen-bond acceptors (Lipinski definition) is 4. The van der Waals surface area contributed by atoms with Crippen LogP contribution in [0.5, 0.6) is 0 Å². The Kier molecular flexibility index (Phi) is 6.60. The average Bonchev–Trinajstić information content (AvgIpc) is 1.68. The van der Waals surface area contributed by atoms with Crippen molar-refractivity contribution in [3.63, 3.8) is 0 Å². The molecule has 0 aliphatic carbocycles. The molecule has 0 aromatic heterocycles. The van der Waals surface area contributed by atoms with Crippen molar-refractivity contribution in [2.24, 2.45) is 0 Å². The third kappa shape index (κ3) is 4.87. The first-order valence-corrected chi connectivity index (χ1v) is 3.82. The third-order valence-electron chi connectivity index (χ3n) is 0.408. The zero-order valence-electron chi connectivity index (χ0n) is 4.75. The molecule has 0 N–H and O–H groups in total. The molecule has 0 heterocycles. The van der Waals surface area contributed by atoms with Crippen LogP contribution in [0.25, 0.3) is 0 Å². The van der Waals surface area contributed by atoms with Gasteiger partial charge in [-0.15, -0.1) is 0 Å². The van der Waals surface area contributed by atoms with Gasteiger partial charge in [0.1, 0.15) is 0 Å². The smallest absolute Gasteiger partial charge is 0.268 e. The first-order valence-electron chi connectivity index (χ1n) is 1.48. The van der Waals surface area contributed by atoms with Gasteiger partial charge in [-0.1, -0.05) is 0 Å². The molecule has 0 aliphatic heterocycles. The summed E-state index contributed by atoms with van der Waals surface area (Å²) in [6, 6.07) is 0. The van der Waals surface area contributed by atoms with Gasteiger partial charge in [-0.25, -0.2) is 0 Å². The third-order valence-corrected chi connectivity index (χ3v) is 2.04. The largest absolute Gasteiger partial charge is 0.273 e. The average molecular weight is 176 g/mol. The maximum Gasteiger partial charge on any atom is 0.268 e. The molecule has 52 valence electrons. The van der Waals surface area contributed by atoms with Crippen molar-refractivity contribution in [3.8, 4) is 0 Å². The maximum atomic E-state index is 10.3. The Hall–Kier alpha value is 0.720. The van der Waals surface area contributed by atoms with Crippen molar-refractivity contribution in [2.75, 3.05) is 14.2 Å². The van der Waals surface area contributed by atoms with E-state index >= 15 is 0 Å². The van der Waals surface area contributed by atoms with Crippen molar-refractivity contribution in [1.82, 2.24) is 0 Å². The van der Waals surface area contributed by atoms with Crippen LogP contribution < -0.4 is 0 Å². The molecule has 0 radical (unpaired) electrons. The summed E-state index contributed by atoms with van der Waals surface area (Å²) >= 11 is 4.23. The van der Waals surface area contributed by atoms with Gasteiger partial charge in [0.2, 0.25) is 0 Å². The first kappa shape index (κ1) is 11.5. The van der Waals surface area contributed by atoms with E-state index in [-0.39, 0.29) is 9.90 Å². The van der Waals surface area contributed by atoms with E-state index in [2.05, 4.69) is 19.6 Å². The van der Waals surface area contributed by atoms with Crippen LogP contribution in [0.2, 0.25) is 0 Å². The summed E-state index contributed by atoms with van der Waals surface area (Å²) in [7, 11) is -0.354. The van der Waals surface area contributed by atoms with E-state index in [0.29, 0.717) is 0 Å². The monoisotopic (exact) mass is 176 g/mol. The molecule has 0 amide bonds. The Balaban J connectivity index is 0. The molecular weight excluding hydrogens is 167 g/mol. The standard InChI is InChI=1S/C2H6O3S2.H3P/c1-4-7(3,6)5-2;/h1-2H3;1H3. The van der Waals surface area contributed by atoms with E-state index in [4.69, 9.17) is 0 Å². The van der Waals surface area contributed by atoms with Crippen LogP contribution in [0.15, 0.2) is 0 Å². The molecule has 0 fully saturated rings. The fourth-order valence-electron chi connectivity index (χ4n) is 0.0680. The van der Waals surface area contributed by atoms with E-state index in [1.54, 1.807) is 0 Å². The molecule has 0 spiro atoms. The minimum Gasteiger partial charge on any atom is -0.273 e. The molecule has 8 heavy (non-hydrogen) atoms. The van der Waals surface area contributed by atoms with Gasteiger partial charge in [-0.3, -0.25) is 8.37 Å². The second kappa shape index (κ2) is 4.58. The van der Waals surface area contributed by atoms with Gasteiger partial charge in [-0.2, -0.15) is 14.1 Å². The number of hydrogen-bond donors (Lipinski definition) is 0. The minimum absolute atomic E-state index is 0. The van der Waals surface area contributed by atoms with E-state index in [0.717, 1.165) is 0 Å². The Morgan fingerprint density at radius 1 is 1.38 bits per heavy atom. The summed E-state index contributed by atoms with van der Waals surface area (Å²) in [6.07, 6.45) is 0. The van der Waals surface area contributed by atoms with Gasteiger partial charge in [0.15, 0.2) is 0 Å². The highest BCUT2D eigenvalue weighted by Crippen LogP contribution is 1.87. The van der Waals surface area contributed by atoms with Crippen molar-refractivity contribution in [3.05, 3.63) is 0 Å². The second-order valence-electron chi connectivity index (χ2n) is 0.742. The normalized spacial score (nSPS) is 10.2. The van der Waals surface area contributed by atoms with Crippen LogP contribution in [0.1, 0.15) is 0 Å². The van der Waals surface area contributed by atoms with Crippen LogP contribution in [-0.4, -0.2) is 18.4 Å². The van der Waals surface area contributed by atoms with Crippen LogP contribution in [0, 0.1) is 0 Å². The van der Waals surface area contributed by atoms with Crippen molar-refractivity contribution >= 4 is 30.1 Å². The predicted molar refractivity (Wildman–Crippen MR) is 40.6 cm³/mol. The second-order valence-corrected chi connectivity index (χ2v) is 3.45. The van der Waals surface area contributed by atoms with Gasteiger partial charge in [-0.05, 0) is 0 Å². The molecule has 0 aromatic rings. The zero-order valence-corrected chi connectivity index (χ0v) is 7.80. The maximum absolute atomic E-state index is 10.3. The van der Waals surface area contributed by atoms with E-state index in [1.807, 2.05) is 0 Å². The summed E-state index contributed by atoms with van der Waals surface area (Å²) in [5.74, 6) is 0. The molecule has 0 aromatic carbocycles. The fourth-order valence-corrected chi connectivity index (χ4v) is 0.204. The quantitative estimate of drug-likeness (QED) is 0.551. The lowest BCUT2D eigenvalue weighted by molar-refractivity contribution is 0.331. The zero-order chi connectivity index (χ0) is 5.91. The molecule has 0 saturated heterocycles. The fraction of sp³-hybridized carbons (Fsp3) is 1.00. The van der Waals surface area contributed by atoms with Crippen LogP contribution in [0.3, 0.4) is 0 Å². The molecule has 1 atom stereocenters. The molecule has 0 aliphatic rings. The van der Waals surface area contributed by atoms with Crippen LogP contribution in [0.4, 0.5) is 0 Å². The molecular formula is C2H9O3PS2. The molecule has 6 heteroatoms. The topological polar surface area (TPSA) is 35.5 Å². The number of rotatable bonds is 2. The summed E-state index contributed by atoms with van der Waals surface area (Å²) in [5.41, 5.74) is 0. The summed E-state index contributed by atoms with van der Waals surface area (Å²) in [6.45, 7) is 0. The lowest BCUT2D eigenvalue weighted by Gasteiger charge is -1.95. The lowest BCUT2D eigenvalue weighted by Crippen LogP contribution is -2.00. The highest BCUT2D eigenvalue weighted by atomic mass is 32.9. The molecule has 0 saturated carbocycles. The molecule has 0 rings (SSSR count). The minimum atomic E-state index is -2.82. The molecule has 1 unspecified atom stereocenters. The van der Waals surface area contributed by atoms with Crippen molar-refractivity contribution in [1.29, 1.82) is 0 Å². The van der Waals surface area contributed by atoms with E-state index < -0.39 is 9.05 Å². The van der Waals surface area contributed by atoms with Crippen LogP contribution >= 0.6 is 9.90 Å². The van der Waals surface area contributed by atoms with Gasteiger partial charge in [0, 0.05) is 11.2 Å². The molecule has 0 bridgehead atoms. The highest BCUT2D eigenvalue weighted by Gasteiger charge is 1.95. The Morgan fingerprint density at radius 2 is 1.62 bits per heavy atom. The van der Waals surface area contributed by atoms with Crippen molar-refractivity contribution < 1.29 is 12.6 Å². The Labute approximate surface area is 57.5 Å². The van der Waals surface area contributed by atoms with Gasteiger partial charge >= 0.3 is 0 Å². The Bertz CT molecular complexity index is 118. The highest BCUT2D eigenvalue weighted by molar-refractivity contribution is 8.27. The SMILES string of the molecule is COS(=O)(=S)OC.P. The van der Waals surface area contributed by atoms with Gasteiger partial charge in [0.05, 0.1) is 14.2 Å². The Morgan fingerprint density at radius 3 is 1.62 bits per heavy atom. The molecule has 3 nitrogen and oxygen atoms in total. The van der Waals surface area contributed by atoms with Gasteiger partial charge < -0.3 is 0 Å². The predicted octanol–water partition coefficient (Wildman–Crippen LogP) is -0.0864. The van der Waals surface area contributed by atoms with Crippen LogP contribution in [-0.2, 0) is 28.6 Å². The lowest BCUT2D eigenvalue weighted by atomic mass is 11.8. The van der Waals surface area contributed by atoms with Gasteiger partial charge in [0.25, 0.3) is 9.05 Å². The first-order chi connectivity index (χ1) is 3.12. The summed E-state index contributed by atoms with van der Waals surface area (Å²) in [4.78, 5) is 0. The van der Waals surface area contributed by atoms with E-state index in [1.165, 1.54) is 14.2 Å².